The van der Waals surface area contributed by atoms with Crippen LogP contribution in [-0.2, 0) is 9.47 Å². The smallest absolute Gasteiger partial charge is 0.410 e. The second kappa shape index (κ2) is 10.1. The SMILES string of the molecule is CCNC(=NCCOC)NC1CN(C(=O)OC(C)(C)C)C1.I. The maximum atomic E-state index is 11.8. The average Bonchev–Trinajstić information content (AvgIpc) is 2.30. The Morgan fingerprint density at radius 1 is 1.36 bits per heavy atom. The van der Waals surface area contributed by atoms with E-state index in [2.05, 4.69) is 15.6 Å². The molecule has 7 nitrogen and oxygen atoms in total. The largest absolute Gasteiger partial charge is 0.444 e. The quantitative estimate of drug-likeness (QED) is 0.300. The minimum absolute atomic E-state index is 0. The molecule has 22 heavy (non-hydrogen) atoms. The standard InChI is InChI=1S/C14H28N4O3.HI/c1-6-15-12(16-7-8-20-5)17-11-9-18(10-11)13(19)21-14(2,3)4;/h11H,6-10H2,1-5H3,(H2,15,16,17);1H. The predicted molar refractivity (Wildman–Crippen MR) is 98.0 cm³/mol. The van der Waals surface area contributed by atoms with E-state index in [-0.39, 0.29) is 36.1 Å². The zero-order chi connectivity index (χ0) is 15.9. The van der Waals surface area contributed by atoms with Crippen LogP contribution in [0.3, 0.4) is 0 Å². The lowest BCUT2D eigenvalue weighted by molar-refractivity contribution is 0.00701. The number of methoxy groups -OCH3 is 1. The molecule has 0 atom stereocenters. The van der Waals surface area contributed by atoms with Crippen LogP contribution in [0, 0.1) is 0 Å². The van der Waals surface area contributed by atoms with Crippen molar-refractivity contribution in [3.8, 4) is 0 Å². The van der Waals surface area contributed by atoms with Crippen molar-refractivity contribution in [3.05, 3.63) is 0 Å². The van der Waals surface area contributed by atoms with E-state index in [1.165, 1.54) is 0 Å². The molecule has 1 heterocycles. The molecule has 1 rings (SSSR count). The summed E-state index contributed by atoms with van der Waals surface area (Å²) >= 11 is 0. The normalized spacial score (nSPS) is 15.7. The summed E-state index contributed by atoms with van der Waals surface area (Å²) in [7, 11) is 1.65. The Labute approximate surface area is 150 Å². The van der Waals surface area contributed by atoms with Gasteiger partial charge in [-0.2, -0.15) is 0 Å². The zero-order valence-electron chi connectivity index (χ0n) is 14.1. The van der Waals surface area contributed by atoms with Crippen LogP contribution >= 0.6 is 24.0 Å². The third-order valence-electron chi connectivity index (χ3n) is 2.78. The van der Waals surface area contributed by atoms with Gasteiger partial charge in [0.25, 0.3) is 0 Å². The van der Waals surface area contributed by atoms with Crippen molar-refractivity contribution in [2.24, 2.45) is 4.99 Å². The third-order valence-corrected chi connectivity index (χ3v) is 2.78. The molecular formula is C14H29IN4O3. The first-order valence-electron chi connectivity index (χ1n) is 7.37. The molecule has 0 aromatic heterocycles. The van der Waals surface area contributed by atoms with Crippen molar-refractivity contribution in [1.29, 1.82) is 0 Å². The highest BCUT2D eigenvalue weighted by atomic mass is 127. The number of guanidine groups is 1. The summed E-state index contributed by atoms with van der Waals surface area (Å²) in [5, 5.41) is 6.47. The second-order valence-corrected chi connectivity index (χ2v) is 5.98. The van der Waals surface area contributed by atoms with Crippen LogP contribution in [0.5, 0.6) is 0 Å². The molecule has 1 amide bonds. The van der Waals surface area contributed by atoms with Crippen molar-refractivity contribution in [1.82, 2.24) is 15.5 Å². The Kier molecular flexibility index (Phi) is 9.74. The van der Waals surface area contributed by atoms with E-state index in [1.807, 2.05) is 27.7 Å². The van der Waals surface area contributed by atoms with E-state index in [0.29, 0.717) is 26.2 Å². The Balaban J connectivity index is 0.00000441. The second-order valence-electron chi connectivity index (χ2n) is 5.98. The molecule has 1 aliphatic heterocycles. The van der Waals surface area contributed by atoms with Gasteiger partial charge in [0, 0.05) is 26.7 Å². The van der Waals surface area contributed by atoms with Crippen LogP contribution in [0.25, 0.3) is 0 Å². The summed E-state index contributed by atoms with van der Waals surface area (Å²) in [6, 6.07) is 0.206. The molecule has 0 spiro atoms. The van der Waals surface area contributed by atoms with Gasteiger partial charge in [-0.25, -0.2) is 4.79 Å². The summed E-state index contributed by atoms with van der Waals surface area (Å²) in [6.45, 7) is 10.9. The lowest BCUT2D eigenvalue weighted by Gasteiger charge is -2.40. The van der Waals surface area contributed by atoms with E-state index >= 15 is 0 Å². The number of aliphatic imine (C=N–C) groups is 1. The monoisotopic (exact) mass is 428 g/mol. The summed E-state index contributed by atoms with van der Waals surface area (Å²) in [5.74, 6) is 0.753. The van der Waals surface area contributed by atoms with Crippen molar-refractivity contribution < 1.29 is 14.3 Å². The van der Waals surface area contributed by atoms with Gasteiger partial charge < -0.3 is 25.0 Å². The third kappa shape index (κ3) is 8.02. The number of hydrogen-bond donors (Lipinski definition) is 2. The van der Waals surface area contributed by atoms with E-state index < -0.39 is 5.60 Å². The maximum absolute atomic E-state index is 11.8. The molecular weight excluding hydrogens is 399 g/mol. The van der Waals surface area contributed by atoms with Crippen LogP contribution in [0.1, 0.15) is 27.7 Å². The number of halogens is 1. The highest BCUT2D eigenvalue weighted by Crippen LogP contribution is 2.15. The highest BCUT2D eigenvalue weighted by Gasteiger charge is 2.34. The first-order chi connectivity index (χ1) is 9.85. The number of ether oxygens (including phenoxy) is 2. The molecule has 8 heteroatoms. The van der Waals surface area contributed by atoms with Gasteiger partial charge in [-0.15, -0.1) is 24.0 Å². The Morgan fingerprint density at radius 3 is 2.50 bits per heavy atom. The fourth-order valence-corrected chi connectivity index (χ4v) is 1.81. The van der Waals surface area contributed by atoms with Gasteiger partial charge in [0.05, 0.1) is 19.2 Å². The molecule has 0 aliphatic carbocycles. The molecule has 0 unspecified atom stereocenters. The highest BCUT2D eigenvalue weighted by molar-refractivity contribution is 14.0. The lowest BCUT2D eigenvalue weighted by atomic mass is 10.1. The Bertz CT molecular complexity index is 366. The molecule has 1 fully saturated rings. The van der Waals surface area contributed by atoms with Crippen molar-refractivity contribution in [3.63, 3.8) is 0 Å². The fourth-order valence-electron chi connectivity index (χ4n) is 1.81. The summed E-state index contributed by atoms with van der Waals surface area (Å²) in [6.07, 6.45) is -0.262. The van der Waals surface area contributed by atoms with E-state index in [1.54, 1.807) is 12.0 Å². The van der Waals surface area contributed by atoms with Crippen molar-refractivity contribution in [2.75, 3.05) is 39.9 Å². The van der Waals surface area contributed by atoms with E-state index in [4.69, 9.17) is 9.47 Å². The van der Waals surface area contributed by atoms with Crippen LogP contribution in [0.4, 0.5) is 4.79 Å². The number of carbonyl (C=O) groups excluding carboxylic acids is 1. The first-order valence-corrected chi connectivity index (χ1v) is 7.37. The number of amides is 1. The van der Waals surface area contributed by atoms with Crippen LogP contribution in [0.15, 0.2) is 4.99 Å². The average molecular weight is 428 g/mol. The van der Waals surface area contributed by atoms with Gasteiger partial charge in [0.2, 0.25) is 0 Å². The summed E-state index contributed by atoms with van der Waals surface area (Å²) < 4.78 is 10.3. The molecule has 1 aliphatic rings. The van der Waals surface area contributed by atoms with E-state index in [0.717, 1.165) is 12.5 Å². The Hall–Kier alpha value is -0.770. The molecule has 130 valence electrons. The minimum atomic E-state index is -0.452. The van der Waals surface area contributed by atoms with E-state index in [9.17, 15) is 4.79 Å². The van der Waals surface area contributed by atoms with Gasteiger partial charge in [0.1, 0.15) is 5.60 Å². The van der Waals surface area contributed by atoms with Gasteiger partial charge in [-0.1, -0.05) is 0 Å². The zero-order valence-corrected chi connectivity index (χ0v) is 16.5. The molecule has 0 saturated carbocycles. The first kappa shape index (κ1) is 21.2. The molecule has 0 aromatic rings. The minimum Gasteiger partial charge on any atom is -0.444 e. The van der Waals surface area contributed by atoms with Crippen molar-refractivity contribution in [2.45, 2.75) is 39.3 Å². The summed E-state index contributed by atoms with van der Waals surface area (Å²) in [5.41, 5.74) is -0.452. The predicted octanol–water partition coefficient (Wildman–Crippen LogP) is 1.43. The number of nitrogens with one attached hydrogen (secondary N) is 2. The maximum Gasteiger partial charge on any atom is 0.410 e. The van der Waals surface area contributed by atoms with Crippen molar-refractivity contribution >= 4 is 36.0 Å². The topological polar surface area (TPSA) is 75.2 Å². The number of rotatable bonds is 5. The molecule has 1 saturated heterocycles. The van der Waals surface area contributed by atoms with Gasteiger partial charge in [0.15, 0.2) is 5.96 Å². The number of likely N-dealkylation sites (tertiary alicyclic amines) is 1. The number of nitrogens with zero attached hydrogens (tertiary/aromatic N) is 2. The molecule has 0 bridgehead atoms. The fraction of sp³-hybridized carbons (Fsp3) is 0.857. The summed E-state index contributed by atoms with van der Waals surface area (Å²) in [4.78, 5) is 17.9. The van der Waals surface area contributed by atoms with Gasteiger partial charge >= 0.3 is 6.09 Å². The van der Waals surface area contributed by atoms with Crippen LogP contribution in [-0.4, -0.2) is 68.5 Å². The van der Waals surface area contributed by atoms with Gasteiger partial charge in [-0.05, 0) is 27.7 Å². The number of hydrogen-bond acceptors (Lipinski definition) is 4. The molecule has 0 radical (unpaired) electrons. The molecule has 2 N–H and O–H groups in total. The van der Waals surface area contributed by atoms with Crippen LogP contribution in [0.2, 0.25) is 0 Å². The Morgan fingerprint density at radius 2 is 2.00 bits per heavy atom. The van der Waals surface area contributed by atoms with Crippen LogP contribution < -0.4 is 10.6 Å². The lowest BCUT2D eigenvalue weighted by Crippen LogP contribution is -2.63. The number of carbonyl (C=O) groups is 1. The van der Waals surface area contributed by atoms with Gasteiger partial charge in [-0.3, -0.25) is 4.99 Å². The molecule has 0 aromatic carbocycles.